The Morgan fingerprint density at radius 1 is 1.62 bits per heavy atom. The number of hydrogen-bond donors (Lipinski definition) is 2. The fraction of sp³-hybridized carbons (Fsp3) is 0.364. The summed E-state index contributed by atoms with van der Waals surface area (Å²) in [6.45, 7) is 1.91. The fourth-order valence-corrected chi connectivity index (χ4v) is 1.52. The summed E-state index contributed by atoms with van der Waals surface area (Å²) in [5, 5.41) is 2.61. The van der Waals surface area contributed by atoms with Gasteiger partial charge < -0.3 is 11.1 Å². The molecule has 3 nitrogen and oxygen atoms in total. The zero-order chi connectivity index (χ0) is 12.1. The lowest BCUT2D eigenvalue weighted by molar-refractivity contribution is -0.116. The van der Waals surface area contributed by atoms with Crippen molar-refractivity contribution in [2.45, 2.75) is 25.8 Å². The molecule has 0 radical (unpaired) electrons. The monoisotopic (exact) mass is 288 g/mol. The smallest absolute Gasteiger partial charge is 0.225 e. The molecule has 0 fully saturated rings. The van der Waals surface area contributed by atoms with E-state index in [0.717, 1.165) is 6.42 Å². The molecule has 0 heterocycles. The lowest BCUT2D eigenvalue weighted by Crippen LogP contribution is -2.26. The predicted molar refractivity (Wildman–Crippen MR) is 65.6 cm³/mol. The Balaban J connectivity index is 2.65. The summed E-state index contributed by atoms with van der Waals surface area (Å²) in [6, 6.07) is 3.97. The van der Waals surface area contributed by atoms with E-state index in [1.54, 1.807) is 6.07 Å². The minimum absolute atomic E-state index is 0.160. The van der Waals surface area contributed by atoms with Crippen LogP contribution < -0.4 is 11.1 Å². The molecular weight excluding hydrogens is 275 g/mol. The molecule has 1 atom stereocenters. The number of anilines is 1. The molecular formula is C11H14BrFN2O. The molecule has 1 rings (SSSR count). The first kappa shape index (κ1) is 13.1. The first-order valence-electron chi connectivity index (χ1n) is 5.03. The van der Waals surface area contributed by atoms with E-state index in [0.29, 0.717) is 10.2 Å². The summed E-state index contributed by atoms with van der Waals surface area (Å²) in [5.41, 5.74) is 6.07. The molecule has 0 spiro atoms. The van der Waals surface area contributed by atoms with E-state index in [1.807, 2.05) is 6.92 Å². The second kappa shape index (κ2) is 5.96. The lowest BCUT2D eigenvalue weighted by Gasteiger charge is -2.10. The van der Waals surface area contributed by atoms with Gasteiger partial charge in [0.15, 0.2) is 0 Å². The maximum absolute atomic E-state index is 12.9. The number of rotatable bonds is 4. The van der Waals surface area contributed by atoms with Crippen molar-refractivity contribution in [1.82, 2.24) is 0 Å². The van der Waals surface area contributed by atoms with Gasteiger partial charge in [0.25, 0.3) is 0 Å². The molecule has 0 aliphatic rings. The minimum Gasteiger partial charge on any atom is -0.327 e. The van der Waals surface area contributed by atoms with E-state index in [-0.39, 0.29) is 18.4 Å². The normalized spacial score (nSPS) is 12.2. The van der Waals surface area contributed by atoms with Crippen LogP contribution in [0.2, 0.25) is 0 Å². The third-order valence-electron chi connectivity index (χ3n) is 2.17. The van der Waals surface area contributed by atoms with Crippen LogP contribution >= 0.6 is 15.9 Å². The quantitative estimate of drug-likeness (QED) is 0.895. The Labute approximate surface area is 102 Å². The van der Waals surface area contributed by atoms with Gasteiger partial charge in [-0.1, -0.05) is 6.92 Å². The standard InChI is InChI=1S/C11H14BrFN2O/c1-2-8(14)6-11(16)15-10-5-7(13)3-4-9(10)12/h3-5,8H,2,6,14H2,1H3,(H,15,16). The molecule has 88 valence electrons. The minimum atomic E-state index is -0.390. The maximum Gasteiger partial charge on any atom is 0.225 e. The SMILES string of the molecule is CCC(N)CC(=O)Nc1cc(F)ccc1Br. The zero-order valence-corrected chi connectivity index (χ0v) is 10.6. The Morgan fingerprint density at radius 2 is 2.31 bits per heavy atom. The van der Waals surface area contributed by atoms with Crippen molar-refractivity contribution < 1.29 is 9.18 Å². The van der Waals surface area contributed by atoms with Gasteiger partial charge in [0, 0.05) is 16.9 Å². The van der Waals surface area contributed by atoms with Gasteiger partial charge in [-0.3, -0.25) is 4.79 Å². The van der Waals surface area contributed by atoms with Crippen molar-refractivity contribution in [3.8, 4) is 0 Å². The molecule has 1 aromatic carbocycles. The van der Waals surface area contributed by atoms with Gasteiger partial charge in [-0.05, 0) is 40.5 Å². The van der Waals surface area contributed by atoms with E-state index in [1.165, 1.54) is 12.1 Å². The Kier molecular flexibility index (Phi) is 4.89. The van der Waals surface area contributed by atoms with Gasteiger partial charge in [-0.15, -0.1) is 0 Å². The topological polar surface area (TPSA) is 55.1 Å². The molecule has 0 saturated carbocycles. The summed E-state index contributed by atoms with van der Waals surface area (Å²) in [7, 11) is 0. The van der Waals surface area contributed by atoms with Crippen molar-refractivity contribution in [2.24, 2.45) is 5.73 Å². The molecule has 0 saturated heterocycles. The van der Waals surface area contributed by atoms with E-state index >= 15 is 0 Å². The Bertz CT molecular complexity index is 384. The largest absolute Gasteiger partial charge is 0.327 e. The van der Waals surface area contributed by atoms with E-state index in [4.69, 9.17) is 5.73 Å². The van der Waals surface area contributed by atoms with Gasteiger partial charge in [0.05, 0.1) is 5.69 Å². The van der Waals surface area contributed by atoms with Gasteiger partial charge in [-0.2, -0.15) is 0 Å². The number of nitrogens with two attached hydrogens (primary N) is 1. The van der Waals surface area contributed by atoms with Gasteiger partial charge in [0.2, 0.25) is 5.91 Å². The van der Waals surface area contributed by atoms with E-state index < -0.39 is 5.82 Å². The highest BCUT2D eigenvalue weighted by molar-refractivity contribution is 9.10. The predicted octanol–water partition coefficient (Wildman–Crippen LogP) is 2.65. The highest BCUT2D eigenvalue weighted by Gasteiger charge is 2.10. The van der Waals surface area contributed by atoms with Crippen LogP contribution in [-0.4, -0.2) is 11.9 Å². The molecule has 1 unspecified atom stereocenters. The third kappa shape index (κ3) is 3.90. The first-order valence-corrected chi connectivity index (χ1v) is 5.82. The van der Waals surface area contributed by atoms with Crippen molar-refractivity contribution in [3.63, 3.8) is 0 Å². The Hall–Kier alpha value is -0.940. The molecule has 16 heavy (non-hydrogen) atoms. The van der Waals surface area contributed by atoms with Gasteiger partial charge in [0.1, 0.15) is 5.82 Å². The summed E-state index contributed by atoms with van der Waals surface area (Å²) in [5.74, 6) is -0.598. The molecule has 3 N–H and O–H groups in total. The number of hydrogen-bond acceptors (Lipinski definition) is 2. The lowest BCUT2D eigenvalue weighted by atomic mass is 10.1. The number of carbonyl (C=O) groups excluding carboxylic acids is 1. The van der Waals surface area contributed by atoms with Gasteiger partial charge >= 0.3 is 0 Å². The van der Waals surface area contributed by atoms with Crippen LogP contribution in [0.1, 0.15) is 19.8 Å². The van der Waals surface area contributed by atoms with Crippen LogP contribution in [0.5, 0.6) is 0 Å². The summed E-state index contributed by atoms with van der Waals surface area (Å²) < 4.78 is 13.6. The van der Waals surface area contributed by atoms with Crippen LogP contribution in [0.15, 0.2) is 22.7 Å². The number of amides is 1. The average Bonchev–Trinajstić information content (AvgIpc) is 2.23. The molecule has 5 heteroatoms. The number of carbonyl (C=O) groups is 1. The van der Waals surface area contributed by atoms with Crippen LogP contribution in [0.25, 0.3) is 0 Å². The number of halogens is 2. The van der Waals surface area contributed by atoms with Crippen molar-refractivity contribution in [1.29, 1.82) is 0 Å². The average molecular weight is 289 g/mol. The van der Waals surface area contributed by atoms with Crippen molar-refractivity contribution in [2.75, 3.05) is 5.32 Å². The number of nitrogens with one attached hydrogen (secondary N) is 1. The fourth-order valence-electron chi connectivity index (χ4n) is 1.18. The highest BCUT2D eigenvalue weighted by Crippen LogP contribution is 2.23. The maximum atomic E-state index is 12.9. The van der Waals surface area contributed by atoms with Crippen molar-refractivity contribution >= 4 is 27.5 Å². The van der Waals surface area contributed by atoms with Crippen LogP contribution in [0.3, 0.4) is 0 Å². The molecule has 1 aromatic rings. The van der Waals surface area contributed by atoms with Crippen LogP contribution in [0.4, 0.5) is 10.1 Å². The van der Waals surface area contributed by atoms with Crippen molar-refractivity contribution in [3.05, 3.63) is 28.5 Å². The molecule has 0 aliphatic heterocycles. The second-order valence-electron chi connectivity index (χ2n) is 3.54. The summed E-state index contributed by atoms with van der Waals surface area (Å²) in [6.07, 6.45) is 0.969. The Morgan fingerprint density at radius 3 is 2.94 bits per heavy atom. The van der Waals surface area contributed by atoms with E-state index in [9.17, 15) is 9.18 Å². The number of benzene rings is 1. The molecule has 0 bridgehead atoms. The molecule has 0 aliphatic carbocycles. The molecule has 0 aromatic heterocycles. The summed E-state index contributed by atoms with van der Waals surface area (Å²) in [4.78, 5) is 11.5. The second-order valence-corrected chi connectivity index (χ2v) is 4.40. The zero-order valence-electron chi connectivity index (χ0n) is 8.97. The van der Waals surface area contributed by atoms with E-state index in [2.05, 4.69) is 21.2 Å². The van der Waals surface area contributed by atoms with Crippen LogP contribution in [0, 0.1) is 5.82 Å². The first-order chi connectivity index (χ1) is 7.52. The third-order valence-corrected chi connectivity index (χ3v) is 2.87. The van der Waals surface area contributed by atoms with Gasteiger partial charge in [-0.25, -0.2) is 4.39 Å². The summed E-state index contributed by atoms with van der Waals surface area (Å²) >= 11 is 3.23. The van der Waals surface area contributed by atoms with Crippen LogP contribution in [-0.2, 0) is 4.79 Å². The highest BCUT2D eigenvalue weighted by atomic mass is 79.9. The molecule has 1 amide bonds.